The van der Waals surface area contributed by atoms with Crippen molar-refractivity contribution in [3.05, 3.63) is 82.0 Å². The van der Waals surface area contributed by atoms with Crippen LogP contribution in [0.1, 0.15) is 15.2 Å². The number of hydrogen-bond donors (Lipinski definition) is 3. The van der Waals surface area contributed by atoms with Gasteiger partial charge in [-0.1, -0.05) is 36.4 Å². The molecule has 0 aliphatic carbocycles. The molecule has 7 nitrogen and oxygen atoms in total. The molecule has 0 fully saturated rings. The Morgan fingerprint density at radius 1 is 1.19 bits per heavy atom. The lowest BCUT2D eigenvalue weighted by Gasteiger charge is -2.11. The Kier molecular flexibility index (Phi) is 6.36. The second-order valence-electron chi connectivity index (χ2n) is 6.87. The SMILES string of the molecule is C=CC(=O)Nc1csc(C(=O)Nc2nc3cccc(Cl)c3n2-c2ccc(CCO)cc2)c1. The molecule has 0 aliphatic heterocycles. The highest BCUT2D eigenvalue weighted by atomic mass is 35.5. The average molecular weight is 467 g/mol. The van der Waals surface area contributed by atoms with Crippen molar-refractivity contribution in [1.29, 1.82) is 0 Å². The number of aliphatic hydroxyl groups is 1. The molecule has 2 heterocycles. The molecule has 162 valence electrons. The number of halogens is 1. The van der Waals surface area contributed by atoms with Crippen LogP contribution in [0.4, 0.5) is 11.6 Å². The van der Waals surface area contributed by atoms with Crippen LogP contribution in [-0.4, -0.2) is 33.1 Å². The maximum Gasteiger partial charge on any atom is 0.268 e. The van der Waals surface area contributed by atoms with Crippen LogP contribution in [0.5, 0.6) is 0 Å². The number of thiophene rings is 1. The standard InChI is InChI=1S/C23H19ClN4O3S/c1-2-20(30)25-15-12-19(32-13-15)22(31)27-23-26-18-5-3-4-17(24)21(18)28(23)16-8-6-14(7-9-16)10-11-29/h2-9,12-13,29H,1,10-11H2,(H,25,30)(H,26,27,31). The summed E-state index contributed by atoms with van der Waals surface area (Å²) in [4.78, 5) is 29.4. The van der Waals surface area contributed by atoms with Crippen LogP contribution >= 0.6 is 22.9 Å². The van der Waals surface area contributed by atoms with Gasteiger partial charge in [-0.05, 0) is 48.4 Å². The normalized spacial score (nSPS) is 10.8. The van der Waals surface area contributed by atoms with Gasteiger partial charge in [0.1, 0.15) is 0 Å². The average Bonchev–Trinajstić information content (AvgIpc) is 3.40. The molecule has 0 spiro atoms. The molecule has 0 saturated heterocycles. The molecule has 2 aromatic carbocycles. The van der Waals surface area contributed by atoms with E-state index in [1.165, 1.54) is 11.3 Å². The summed E-state index contributed by atoms with van der Waals surface area (Å²) >= 11 is 7.67. The first kappa shape index (κ1) is 21.8. The smallest absolute Gasteiger partial charge is 0.268 e. The molecule has 0 radical (unpaired) electrons. The summed E-state index contributed by atoms with van der Waals surface area (Å²) in [6, 6.07) is 14.6. The van der Waals surface area contributed by atoms with E-state index in [4.69, 9.17) is 16.7 Å². The molecular formula is C23H19ClN4O3S. The Labute approximate surface area is 193 Å². The van der Waals surface area contributed by atoms with Crippen molar-refractivity contribution < 1.29 is 14.7 Å². The van der Waals surface area contributed by atoms with Gasteiger partial charge in [-0.3, -0.25) is 19.5 Å². The number of benzene rings is 2. The Hall–Kier alpha value is -3.46. The van der Waals surface area contributed by atoms with E-state index in [2.05, 4.69) is 22.2 Å². The number of hydrogen-bond acceptors (Lipinski definition) is 5. The fourth-order valence-corrected chi connectivity index (χ4v) is 4.23. The molecule has 4 rings (SSSR count). The van der Waals surface area contributed by atoms with Gasteiger partial charge in [-0.15, -0.1) is 11.3 Å². The topological polar surface area (TPSA) is 96.3 Å². The van der Waals surface area contributed by atoms with Crippen LogP contribution in [0.2, 0.25) is 5.02 Å². The number of para-hydroxylation sites is 1. The Bertz CT molecular complexity index is 1310. The van der Waals surface area contributed by atoms with Gasteiger partial charge >= 0.3 is 0 Å². The first-order valence-corrected chi connectivity index (χ1v) is 11.0. The van der Waals surface area contributed by atoms with E-state index < -0.39 is 0 Å². The number of nitrogens with zero attached hydrogens (tertiary/aromatic N) is 2. The summed E-state index contributed by atoms with van der Waals surface area (Å²) < 4.78 is 1.78. The van der Waals surface area contributed by atoms with Crippen molar-refractivity contribution in [2.24, 2.45) is 0 Å². The molecule has 32 heavy (non-hydrogen) atoms. The van der Waals surface area contributed by atoms with E-state index in [1.807, 2.05) is 30.3 Å². The van der Waals surface area contributed by atoms with Crippen molar-refractivity contribution >= 4 is 57.4 Å². The van der Waals surface area contributed by atoms with Crippen molar-refractivity contribution in [2.75, 3.05) is 17.2 Å². The highest BCUT2D eigenvalue weighted by Crippen LogP contribution is 2.31. The second kappa shape index (κ2) is 9.35. The van der Waals surface area contributed by atoms with Crippen LogP contribution in [0.3, 0.4) is 0 Å². The lowest BCUT2D eigenvalue weighted by molar-refractivity contribution is -0.111. The number of anilines is 2. The quantitative estimate of drug-likeness (QED) is 0.345. The Balaban J connectivity index is 1.70. The van der Waals surface area contributed by atoms with Gasteiger partial charge in [0, 0.05) is 17.7 Å². The van der Waals surface area contributed by atoms with Crippen molar-refractivity contribution in [3.63, 3.8) is 0 Å². The number of aliphatic hydroxyl groups excluding tert-OH is 1. The molecule has 0 saturated carbocycles. The van der Waals surface area contributed by atoms with Gasteiger partial charge < -0.3 is 10.4 Å². The van der Waals surface area contributed by atoms with Gasteiger partial charge in [0.25, 0.3) is 5.91 Å². The maximum atomic E-state index is 12.9. The van der Waals surface area contributed by atoms with Crippen LogP contribution in [0, 0.1) is 0 Å². The number of rotatable bonds is 7. The molecular weight excluding hydrogens is 448 g/mol. The zero-order chi connectivity index (χ0) is 22.7. The lowest BCUT2D eigenvalue weighted by Crippen LogP contribution is -2.14. The summed E-state index contributed by atoms with van der Waals surface area (Å²) in [6.45, 7) is 3.48. The van der Waals surface area contributed by atoms with Gasteiger partial charge in [-0.2, -0.15) is 0 Å². The largest absolute Gasteiger partial charge is 0.396 e. The van der Waals surface area contributed by atoms with Crippen molar-refractivity contribution in [3.8, 4) is 5.69 Å². The van der Waals surface area contributed by atoms with Gasteiger partial charge in [0.2, 0.25) is 11.9 Å². The second-order valence-corrected chi connectivity index (χ2v) is 8.18. The Morgan fingerprint density at radius 3 is 2.69 bits per heavy atom. The van der Waals surface area contributed by atoms with E-state index in [1.54, 1.807) is 28.1 Å². The van der Waals surface area contributed by atoms with Crippen LogP contribution in [0.15, 0.2) is 66.6 Å². The Morgan fingerprint density at radius 2 is 1.97 bits per heavy atom. The highest BCUT2D eigenvalue weighted by molar-refractivity contribution is 7.12. The molecule has 3 N–H and O–H groups in total. The monoisotopic (exact) mass is 466 g/mol. The summed E-state index contributed by atoms with van der Waals surface area (Å²) in [5, 5.41) is 16.8. The third-order valence-corrected chi connectivity index (χ3v) is 5.96. The van der Waals surface area contributed by atoms with E-state index in [-0.39, 0.29) is 18.4 Å². The minimum Gasteiger partial charge on any atom is -0.396 e. The minimum atomic E-state index is -0.362. The van der Waals surface area contributed by atoms with Gasteiger partial charge in [0.05, 0.1) is 26.6 Å². The fourth-order valence-electron chi connectivity index (χ4n) is 3.24. The molecule has 0 atom stereocenters. The third-order valence-electron chi connectivity index (χ3n) is 4.72. The first-order valence-electron chi connectivity index (χ1n) is 9.70. The number of nitrogens with one attached hydrogen (secondary N) is 2. The van der Waals surface area contributed by atoms with Crippen molar-refractivity contribution in [2.45, 2.75) is 6.42 Å². The fraction of sp³-hybridized carbons (Fsp3) is 0.0870. The molecule has 9 heteroatoms. The summed E-state index contributed by atoms with van der Waals surface area (Å²) in [7, 11) is 0. The van der Waals surface area contributed by atoms with Crippen LogP contribution in [-0.2, 0) is 11.2 Å². The van der Waals surface area contributed by atoms with Crippen LogP contribution < -0.4 is 10.6 Å². The summed E-state index contributed by atoms with van der Waals surface area (Å²) in [5.41, 5.74) is 3.58. The number of carbonyl (C=O) groups excluding carboxylic acids is 2. The minimum absolute atomic E-state index is 0.0660. The number of carbonyl (C=O) groups is 2. The molecule has 0 aliphatic rings. The molecule has 2 amide bonds. The molecule has 0 unspecified atom stereocenters. The van der Waals surface area contributed by atoms with E-state index in [0.29, 0.717) is 39.0 Å². The third kappa shape index (κ3) is 4.43. The summed E-state index contributed by atoms with van der Waals surface area (Å²) in [6.07, 6.45) is 1.72. The van der Waals surface area contributed by atoms with Crippen LogP contribution in [0.25, 0.3) is 16.7 Å². The van der Waals surface area contributed by atoms with E-state index in [0.717, 1.165) is 17.3 Å². The first-order chi connectivity index (χ1) is 15.5. The molecule has 0 bridgehead atoms. The summed E-state index contributed by atoms with van der Waals surface area (Å²) in [5.74, 6) is -0.396. The van der Waals surface area contributed by atoms with E-state index in [9.17, 15) is 9.59 Å². The highest BCUT2D eigenvalue weighted by Gasteiger charge is 2.19. The zero-order valence-electron chi connectivity index (χ0n) is 16.8. The van der Waals surface area contributed by atoms with Gasteiger partial charge in [-0.25, -0.2) is 4.98 Å². The number of fused-ring (bicyclic) bond motifs is 1. The predicted molar refractivity (Wildman–Crippen MR) is 128 cm³/mol. The van der Waals surface area contributed by atoms with Gasteiger partial charge in [0.15, 0.2) is 0 Å². The molecule has 2 aromatic heterocycles. The number of amides is 2. The van der Waals surface area contributed by atoms with E-state index >= 15 is 0 Å². The zero-order valence-corrected chi connectivity index (χ0v) is 18.4. The molecule has 4 aromatic rings. The maximum absolute atomic E-state index is 12.9. The number of imidazole rings is 1. The predicted octanol–water partition coefficient (Wildman–Crippen LogP) is 4.65. The van der Waals surface area contributed by atoms with Crippen molar-refractivity contribution in [1.82, 2.24) is 9.55 Å². The number of aromatic nitrogens is 2. The lowest BCUT2D eigenvalue weighted by atomic mass is 10.1.